The predicted molar refractivity (Wildman–Crippen MR) is 85.9 cm³/mol. The molecule has 0 aliphatic carbocycles. The van der Waals surface area contributed by atoms with E-state index in [2.05, 4.69) is 0 Å². The standard InChI is InChI=1S/C18H22O4/c1-11(19)17(12(2)20)9-15-6-5-7-16(8-15)10-18(13(3)21)14(4)22/h5-8,19,21H,9-10H2,1-4H3/b17-11-,18-13?. The van der Waals surface area contributed by atoms with E-state index in [4.69, 9.17) is 0 Å². The van der Waals surface area contributed by atoms with E-state index in [1.54, 1.807) is 0 Å². The molecular formula is C18H22O4. The zero-order valence-corrected chi connectivity index (χ0v) is 13.4. The summed E-state index contributed by atoms with van der Waals surface area (Å²) in [7, 11) is 0. The monoisotopic (exact) mass is 302 g/mol. The number of hydrogen-bond acceptors (Lipinski definition) is 4. The Morgan fingerprint density at radius 3 is 1.45 bits per heavy atom. The molecule has 4 nitrogen and oxygen atoms in total. The lowest BCUT2D eigenvalue weighted by Crippen LogP contribution is -2.06. The van der Waals surface area contributed by atoms with E-state index in [0.29, 0.717) is 24.0 Å². The quantitative estimate of drug-likeness (QED) is 0.622. The second-order valence-electron chi connectivity index (χ2n) is 5.41. The first-order valence-corrected chi connectivity index (χ1v) is 7.09. The average molecular weight is 302 g/mol. The predicted octanol–water partition coefficient (Wildman–Crippen LogP) is 3.61. The van der Waals surface area contributed by atoms with E-state index in [1.807, 2.05) is 24.3 Å². The highest BCUT2D eigenvalue weighted by molar-refractivity contribution is 5.94. The van der Waals surface area contributed by atoms with Crippen LogP contribution in [0.1, 0.15) is 38.8 Å². The van der Waals surface area contributed by atoms with Gasteiger partial charge in [-0.15, -0.1) is 0 Å². The molecule has 0 aromatic heterocycles. The second-order valence-corrected chi connectivity index (χ2v) is 5.41. The Hall–Kier alpha value is -2.36. The largest absolute Gasteiger partial charge is 0.512 e. The summed E-state index contributed by atoms with van der Waals surface area (Å²) in [4.78, 5) is 23.1. The summed E-state index contributed by atoms with van der Waals surface area (Å²) in [5.74, 6) is -0.288. The van der Waals surface area contributed by atoms with E-state index in [1.165, 1.54) is 27.7 Å². The van der Waals surface area contributed by atoms with Crippen LogP contribution < -0.4 is 0 Å². The van der Waals surface area contributed by atoms with Crippen molar-refractivity contribution in [2.75, 3.05) is 0 Å². The molecule has 0 saturated carbocycles. The molecule has 0 amide bonds. The van der Waals surface area contributed by atoms with Gasteiger partial charge in [-0.05, 0) is 38.8 Å². The Morgan fingerprint density at radius 1 is 0.818 bits per heavy atom. The summed E-state index contributed by atoms with van der Waals surface area (Å²) in [5, 5.41) is 19.2. The van der Waals surface area contributed by atoms with Crippen molar-refractivity contribution < 1.29 is 19.8 Å². The summed E-state index contributed by atoms with van der Waals surface area (Å²) < 4.78 is 0. The summed E-state index contributed by atoms with van der Waals surface area (Å²) in [5.41, 5.74) is 2.49. The number of benzene rings is 1. The first-order chi connectivity index (χ1) is 10.2. The summed E-state index contributed by atoms with van der Waals surface area (Å²) in [6, 6.07) is 7.42. The van der Waals surface area contributed by atoms with Crippen molar-refractivity contribution in [2.45, 2.75) is 40.5 Å². The van der Waals surface area contributed by atoms with Crippen LogP contribution in [0.4, 0.5) is 0 Å². The molecule has 0 radical (unpaired) electrons. The minimum absolute atomic E-state index is 0.0217. The minimum atomic E-state index is -0.166. The van der Waals surface area contributed by atoms with Gasteiger partial charge < -0.3 is 10.2 Å². The fourth-order valence-electron chi connectivity index (χ4n) is 2.27. The summed E-state index contributed by atoms with van der Waals surface area (Å²) in [6.45, 7) is 5.83. The first kappa shape index (κ1) is 17.7. The average Bonchev–Trinajstić information content (AvgIpc) is 2.41. The molecule has 0 heterocycles. The molecule has 1 aromatic rings. The molecule has 0 saturated heterocycles. The first-order valence-electron chi connectivity index (χ1n) is 7.09. The maximum Gasteiger partial charge on any atom is 0.159 e. The fraction of sp³-hybridized carbons (Fsp3) is 0.333. The maximum atomic E-state index is 11.5. The Bertz CT molecular complexity index is 590. The van der Waals surface area contributed by atoms with Crippen LogP contribution in [-0.2, 0) is 22.4 Å². The number of carbonyl (C=O) groups excluding carboxylic acids is 2. The van der Waals surface area contributed by atoms with Gasteiger partial charge in [-0.25, -0.2) is 0 Å². The zero-order valence-electron chi connectivity index (χ0n) is 13.4. The van der Waals surface area contributed by atoms with Crippen molar-refractivity contribution in [1.82, 2.24) is 0 Å². The topological polar surface area (TPSA) is 74.6 Å². The number of allylic oxidation sites excluding steroid dienone is 4. The van der Waals surface area contributed by atoms with Crippen molar-refractivity contribution in [1.29, 1.82) is 0 Å². The molecule has 118 valence electrons. The molecule has 0 aliphatic rings. The molecule has 0 spiro atoms. The van der Waals surface area contributed by atoms with Crippen molar-refractivity contribution >= 4 is 11.6 Å². The molecule has 0 fully saturated rings. The van der Waals surface area contributed by atoms with Gasteiger partial charge in [-0.2, -0.15) is 0 Å². The minimum Gasteiger partial charge on any atom is -0.512 e. The van der Waals surface area contributed by atoms with Crippen molar-refractivity contribution in [3.8, 4) is 0 Å². The lowest BCUT2D eigenvalue weighted by molar-refractivity contribution is -0.114. The smallest absolute Gasteiger partial charge is 0.159 e. The summed E-state index contributed by atoms with van der Waals surface area (Å²) >= 11 is 0. The van der Waals surface area contributed by atoms with E-state index in [-0.39, 0.29) is 23.1 Å². The third kappa shape index (κ3) is 4.88. The van der Waals surface area contributed by atoms with Gasteiger partial charge in [0.25, 0.3) is 0 Å². The van der Waals surface area contributed by atoms with Crippen LogP contribution in [-0.4, -0.2) is 21.8 Å². The molecule has 0 aliphatic heterocycles. The Kier molecular flexibility index (Phi) is 6.11. The van der Waals surface area contributed by atoms with Gasteiger partial charge in [0, 0.05) is 24.0 Å². The normalized spacial score (nSPS) is 13.3. The number of Topliss-reactive ketones (excluding diaryl/α,β-unsaturated/α-hetero) is 2. The number of carbonyl (C=O) groups is 2. The fourth-order valence-corrected chi connectivity index (χ4v) is 2.27. The van der Waals surface area contributed by atoms with Crippen molar-refractivity contribution in [3.05, 3.63) is 58.1 Å². The highest BCUT2D eigenvalue weighted by Gasteiger charge is 2.12. The third-order valence-corrected chi connectivity index (χ3v) is 3.48. The van der Waals surface area contributed by atoms with Crippen molar-refractivity contribution in [3.63, 3.8) is 0 Å². The van der Waals surface area contributed by atoms with Gasteiger partial charge >= 0.3 is 0 Å². The highest BCUT2D eigenvalue weighted by Crippen LogP contribution is 2.17. The molecular weight excluding hydrogens is 280 g/mol. The Labute approximate surface area is 130 Å². The highest BCUT2D eigenvalue weighted by atomic mass is 16.3. The van der Waals surface area contributed by atoms with Gasteiger partial charge in [0.1, 0.15) is 0 Å². The SMILES string of the molecule is CC(=O)C(Cc1cccc(C/C(C(C)=O)=C(\C)O)c1)=C(C)O. The third-order valence-electron chi connectivity index (χ3n) is 3.48. The van der Waals surface area contributed by atoms with E-state index in [0.717, 1.165) is 11.1 Å². The molecule has 0 unspecified atom stereocenters. The molecule has 4 heteroatoms. The van der Waals surface area contributed by atoms with Gasteiger partial charge in [0.15, 0.2) is 11.6 Å². The molecule has 0 bridgehead atoms. The summed E-state index contributed by atoms with van der Waals surface area (Å²) in [6.07, 6.45) is 0.672. The number of rotatable bonds is 6. The van der Waals surface area contributed by atoms with Gasteiger partial charge in [0.2, 0.25) is 0 Å². The van der Waals surface area contributed by atoms with E-state index < -0.39 is 0 Å². The van der Waals surface area contributed by atoms with Gasteiger partial charge in [0.05, 0.1) is 11.5 Å². The van der Waals surface area contributed by atoms with Crippen molar-refractivity contribution in [2.24, 2.45) is 0 Å². The van der Waals surface area contributed by atoms with E-state index in [9.17, 15) is 19.8 Å². The lowest BCUT2D eigenvalue weighted by Gasteiger charge is -2.09. The number of aliphatic hydroxyl groups excluding tert-OH is 2. The molecule has 0 atom stereocenters. The molecule has 22 heavy (non-hydrogen) atoms. The van der Waals surface area contributed by atoms with Crippen LogP contribution >= 0.6 is 0 Å². The van der Waals surface area contributed by atoms with Crippen LogP contribution in [0.25, 0.3) is 0 Å². The second kappa shape index (κ2) is 7.59. The van der Waals surface area contributed by atoms with E-state index >= 15 is 0 Å². The van der Waals surface area contributed by atoms with Gasteiger partial charge in [-0.3, -0.25) is 9.59 Å². The number of aliphatic hydroxyl groups is 2. The number of hydrogen-bond donors (Lipinski definition) is 2. The van der Waals surface area contributed by atoms with Crippen LogP contribution in [0.5, 0.6) is 0 Å². The lowest BCUT2D eigenvalue weighted by atomic mass is 9.96. The maximum absolute atomic E-state index is 11.5. The van der Waals surface area contributed by atoms with Gasteiger partial charge in [-0.1, -0.05) is 24.3 Å². The zero-order chi connectivity index (χ0) is 16.9. The molecule has 1 rings (SSSR count). The van der Waals surface area contributed by atoms with Crippen LogP contribution in [0, 0.1) is 0 Å². The molecule has 2 N–H and O–H groups in total. The Morgan fingerprint density at radius 2 is 1.18 bits per heavy atom. The molecule has 1 aromatic carbocycles. The van der Waals surface area contributed by atoms with Crippen LogP contribution in [0.2, 0.25) is 0 Å². The van der Waals surface area contributed by atoms with Crippen LogP contribution in [0.3, 0.4) is 0 Å². The Balaban J connectivity index is 3.06. The van der Waals surface area contributed by atoms with Crippen LogP contribution in [0.15, 0.2) is 46.9 Å². The number of ketones is 2.